The number of ether oxygens (including phenoxy) is 1. The number of hydrogen-bond acceptors (Lipinski definition) is 8. The predicted octanol–water partition coefficient (Wildman–Crippen LogP) is 1.70. The summed E-state index contributed by atoms with van der Waals surface area (Å²) in [6.45, 7) is 0. The molecular formula is C10H9ClN6O3. The number of nitro groups is 1. The minimum absolute atomic E-state index is 0.0477. The second-order valence-electron chi connectivity index (χ2n) is 3.57. The van der Waals surface area contributed by atoms with Crippen LogP contribution in [0.4, 0.5) is 17.5 Å². The molecule has 0 atom stereocenters. The SMILES string of the molecule is NNc1cc(Oc2ccc([N+](=O)[O-])cc2Cl)nc(N)n1. The van der Waals surface area contributed by atoms with Crippen molar-refractivity contribution in [3.63, 3.8) is 0 Å². The number of nitrogens with one attached hydrogen (secondary N) is 1. The number of hydrogen-bond donors (Lipinski definition) is 3. The molecule has 2 aromatic rings. The molecule has 1 aromatic carbocycles. The molecule has 9 nitrogen and oxygen atoms in total. The Morgan fingerprint density at radius 2 is 2.10 bits per heavy atom. The van der Waals surface area contributed by atoms with E-state index in [9.17, 15) is 10.1 Å². The second-order valence-corrected chi connectivity index (χ2v) is 3.98. The van der Waals surface area contributed by atoms with Gasteiger partial charge in [0.05, 0.1) is 9.95 Å². The third-order valence-corrected chi connectivity index (χ3v) is 2.50. The maximum atomic E-state index is 10.6. The number of nitro benzene ring substituents is 1. The van der Waals surface area contributed by atoms with E-state index in [1.807, 2.05) is 0 Å². The van der Waals surface area contributed by atoms with Gasteiger partial charge in [0.1, 0.15) is 11.6 Å². The lowest BCUT2D eigenvalue weighted by Crippen LogP contribution is -2.10. The number of non-ortho nitro benzene ring substituents is 1. The van der Waals surface area contributed by atoms with E-state index in [0.717, 1.165) is 0 Å². The second kappa shape index (κ2) is 5.55. The van der Waals surface area contributed by atoms with Crippen LogP contribution in [0, 0.1) is 10.1 Å². The standard InChI is InChI=1S/C10H9ClN6O3/c11-6-3-5(17(18)19)1-2-7(6)20-9-4-8(16-13)14-10(12)15-9/h1-4H,13H2,(H3,12,14,15,16). The van der Waals surface area contributed by atoms with E-state index in [2.05, 4.69) is 15.4 Å². The summed E-state index contributed by atoms with van der Waals surface area (Å²) < 4.78 is 5.39. The van der Waals surface area contributed by atoms with Crippen LogP contribution < -0.4 is 21.7 Å². The highest BCUT2D eigenvalue weighted by molar-refractivity contribution is 6.32. The van der Waals surface area contributed by atoms with Crippen molar-refractivity contribution < 1.29 is 9.66 Å². The molecule has 0 aliphatic carbocycles. The Morgan fingerprint density at radius 3 is 2.70 bits per heavy atom. The summed E-state index contributed by atoms with van der Waals surface area (Å²) in [6, 6.07) is 5.18. The molecule has 0 amide bonds. The first-order valence-electron chi connectivity index (χ1n) is 5.22. The van der Waals surface area contributed by atoms with Gasteiger partial charge in [-0.05, 0) is 6.07 Å². The molecule has 0 saturated heterocycles. The van der Waals surface area contributed by atoms with Crippen LogP contribution in [0.5, 0.6) is 11.6 Å². The molecule has 0 bridgehead atoms. The number of halogens is 1. The summed E-state index contributed by atoms with van der Waals surface area (Å²) in [5.41, 5.74) is 7.63. The zero-order chi connectivity index (χ0) is 14.7. The quantitative estimate of drug-likeness (QED) is 0.439. The van der Waals surface area contributed by atoms with Gasteiger partial charge in [-0.1, -0.05) is 11.6 Å². The highest BCUT2D eigenvalue weighted by Crippen LogP contribution is 2.32. The third-order valence-electron chi connectivity index (χ3n) is 2.21. The third kappa shape index (κ3) is 3.02. The van der Waals surface area contributed by atoms with Gasteiger partial charge in [0.15, 0.2) is 0 Å². The Kier molecular flexibility index (Phi) is 3.82. The van der Waals surface area contributed by atoms with Crippen LogP contribution in [-0.4, -0.2) is 14.9 Å². The van der Waals surface area contributed by atoms with Gasteiger partial charge in [0.2, 0.25) is 11.8 Å². The zero-order valence-corrected chi connectivity index (χ0v) is 10.7. The molecule has 0 saturated carbocycles. The average Bonchev–Trinajstić information content (AvgIpc) is 2.40. The molecular weight excluding hydrogens is 288 g/mol. The van der Waals surface area contributed by atoms with Crippen molar-refractivity contribution in [3.05, 3.63) is 39.4 Å². The van der Waals surface area contributed by atoms with E-state index in [-0.39, 0.29) is 34.1 Å². The van der Waals surface area contributed by atoms with Crippen LogP contribution in [0.15, 0.2) is 24.3 Å². The number of rotatable bonds is 4. The molecule has 0 spiro atoms. The van der Waals surface area contributed by atoms with E-state index in [1.165, 1.54) is 24.3 Å². The number of nitrogens with zero attached hydrogens (tertiary/aromatic N) is 3. The molecule has 2 rings (SSSR count). The highest BCUT2D eigenvalue weighted by atomic mass is 35.5. The van der Waals surface area contributed by atoms with Crippen molar-refractivity contribution in [2.45, 2.75) is 0 Å². The maximum absolute atomic E-state index is 10.6. The summed E-state index contributed by atoms with van der Waals surface area (Å²) in [7, 11) is 0. The Labute approximate surface area is 117 Å². The van der Waals surface area contributed by atoms with Crippen molar-refractivity contribution in [3.8, 4) is 11.6 Å². The Hall–Kier alpha value is -2.65. The highest BCUT2D eigenvalue weighted by Gasteiger charge is 2.12. The predicted molar refractivity (Wildman–Crippen MR) is 72.4 cm³/mol. The average molecular weight is 297 g/mol. The van der Waals surface area contributed by atoms with Crippen LogP contribution in [-0.2, 0) is 0 Å². The van der Waals surface area contributed by atoms with Gasteiger partial charge in [-0.15, -0.1) is 0 Å². The summed E-state index contributed by atoms with van der Waals surface area (Å²) in [4.78, 5) is 17.7. The van der Waals surface area contributed by atoms with Crippen molar-refractivity contribution in [1.82, 2.24) is 9.97 Å². The molecule has 104 valence electrons. The number of hydrazine groups is 1. The Balaban J connectivity index is 2.30. The Bertz CT molecular complexity index is 665. The van der Waals surface area contributed by atoms with Gasteiger partial charge in [-0.2, -0.15) is 9.97 Å². The van der Waals surface area contributed by atoms with E-state index in [4.69, 9.17) is 27.9 Å². The van der Waals surface area contributed by atoms with Gasteiger partial charge in [-0.25, -0.2) is 5.84 Å². The maximum Gasteiger partial charge on any atom is 0.271 e. The minimum Gasteiger partial charge on any atom is -0.437 e. The number of benzene rings is 1. The largest absolute Gasteiger partial charge is 0.437 e. The van der Waals surface area contributed by atoms with Gasteiger partial charge in [0, 0.05) is 18.2 Å². The van der Waals surface area contributed by atoms with Crippen LogP contribution >= 0.6 is 11.6 Å². The monoisotopic (exact) mass is 296 g/mol. The van der Waals surface area contributed by atoms with Crippen molar-refractivity contribution in [2.24, 2.45) is 5.84 Å². The van der Waals surface area contributed by atoms with Crippen LogP contribution in [0.3, 0.4) is 0 Å². The van der Waals surface area contributed by atoms with Crippen molar-refractivity contribution >= 4 is 29.1 Å². The molecule has 0 radical (unpaired) electrons. The normalized spacial score (nSPS) is 10.1. The molecule has 5 N–H and O–H groups in total. The molecule has 20 heavy (non-hydrogen) atoms. The zero-order valence-electron chi connectivity index (χ0n) is 9.91. The fraction of sp³-hybridized carbons (Fsp3) is 0. The first-order chi connectivity index (χ1) is 9.49. The van der Waals surface area contributed by atoms with E-state index in [0.29, 0.717) is 0 Å². The van der Waals surface area contributed by atoms with Gasteiger partial charge >= 0.3 is 0 Å². The molecule has 0 unspecified atom stereocenters. The summed E-state index contributed by atoms with van der Waals surface area (Å²) in [6.07, 6.45) is 0. The van der Waals surface area contributed by atoms with E-state index in [1.54, 1.807) is 0 Å². The molecule has 1 heterocycles. The van der Waals surface area contributed by atoms with Crippen LogP contribution in [0.1, 0.15) is 0 Å². The first kappa shape index (κ1) is 13.8. The summed E-state index contributed by atoms with van der Waals surface area (Å²) >= 11 is 5.89. The molecule has 10 heteroatoms. The number of aromatic nitrogens is 2. The summed E-state index contributed by atoms with van der Waals surface area (Å²) in [5.74, 6) is 5.71. The molecule has 0 aliphatic rings. The van der Waals surface area contributed by atoms with Crippen molar-refractivity contribution in [1.29, 1.82) is 0 Å². The lowest BCUT2D eigenvalue weighted by molar-refractivity contribution is -0.384. The number of nitrogens with two attached hydrogens (primary N) is 2. The van der Waals surface area contributed by atoms with E-state index >= 15 is 0 Å². The van der Waals surface area contributed by atoms with Gasteiger partial charge in [0.25, 0.3) is 5.69 Å². The number of anilines is 2. The topological polar surface area (TPSA) is 142 Å². The lowest BCUT2D eigenvalue weighted by atomic mass is 10.3. The lowest BCUT2D eigenvalue weighted by Gasteiger charge is -2.08. The van der Waals surface area contributed by atoms with Crippen LogP contribution in [0.25, 0.3) is 0 Å². The van der Waals surface area contributed by atoms with Gasteiger partial charge in [-0.3, -0.25) is 10.1 Å². The van der Waals surface area contributed by atoms with E-state index < -0.39 is 4.92 Å². The van der Waals surface area contributed by atoms with Crippen LogP contribution in [0.2, 0.25) is 5.02 Å². The summed E-state index contributed by atoms with van der Waals surface area (Å²) in [5, 5.41) is 10.7. The smallest absolute Gasteiger partial charge is 0.271 e. The van der Waals surface area contributed by atoms with Gasteiger partial charge < -0.3 is 15.9 Å². The fourth-order valence-corrected chi connectivity index (χ4v) is 1.58. The molecule has 1 aromatic heterocycles. The molecule has 0 fully saturated rings. The number of nitrogen functional groups attached to an aromatic ring is 2. The fourth-order valence-electron chi connectivity index (χ4n) is 1.37. The Morgan fingerprint density at radius 1 is 1.35 bits per heavy atom. The van der Waals surface area contributed by atoms with Crippen molar-refractivity contribution in [2.75, 3.05) is 11.2 Å². The minimum atomic E-state index is -0.561. The first-order valence-corrected chi connectivity index (χ1v) is 5.60. The molecule has 0 aliphatic heterocycles.